The Labute approximate surface area is 119 Å². The molecule has 6 nitrogen and oxygen atoms in total. The third-order valence-corrected chi connectivity index (χ3v) is 3.85. The maximum absolute atomic E-state index is 11.5. The van der Waals surface area contributed by atoms with Gasteiger partial charge in [-0.2, -0.15) is 0 Å². The van der Waals surface area contributed by atoms with Crippen LogP contribution >= 0.6 is 11.8 Å². The van der Waals surface area contributed by atoms with Crippen LogP contribution in [0.2, 0.25) is 0 Å². The Hall–Kier alpha value is -2.15. The van der Waals surface area contributed by atoms with Crippen LogP contribution in [0.5, 0.6) is 0 Å². The van der Waals surface area contributed by atoms with Gasteiger partial charge in [-0.1, -0.05) is 24.8 Å². The molecule has 1 N–H and O–H groups in total. The van der Waals surface area contributed by atoms with Gasteiger partial charge in [0.1, 0.15) is 0 Å². The van der Waals surface area contributed by atoms with Crippen molar-refractivity contribution in [2.24, 2.45) is 0 Å². The number of hydrogen-bond acceptors (Lipinski definition) is 5. The van der Waals surface area contributed by atoms with Gasteiger partial charge in [0.05, 0.1) is 5.69 Å². The topological polar surface area (TPSA) is 75.9 Å². The third kappa shape index (κ3) is 2.44. The summed E-state index contributed by atoms with van der Waals surface area (Å²) in [6, 6.07) is 7.40. The molecule has 0 atom stereocenters. The fraction of sp³-hybridized carbons (Fsp3) is 0.231. The first-order valence-electron chi connectivity index (χ1n) is 6.28. The molecule has 0 aliphatic heterocycles. The number of nitrogens with one attached hydrogen (secondary N) is 1. The summed E-state index contributed by atoms with van der Waals surface area (Å²) in [5.41, 5.74) is 1.73. The standard InChI is InChI=1S/C13H13N5OS/c1-2-10-7-11(19)15-12-16-17-13(18(10)12)20-8-9-5-3-4-6-14-9/h3-7H,2,8H2,1H3,(H,15,16,19). The van der Waals surface area contributed by atoms with Crippen molar-refractivity contribution in [3.8, 4) is 0 Å². The summed E-state index contributed by atoms with van der Waals surface area (Å²) < 4.78 is 1.88. The molecular weight excluding hydrogens is 274 g/mol. The van der Waals surface area contributed by atoms with E-state index in [1.165, 1.54) is 0 Å². The Balaban J connectivity index is 1.94. The molecule has 3 aromatic rings. The Morgan fingerprint density at radius 3 is 3.00 bits per heavy atom. The van der Waals surface area contributed by atoms with Crippen molar-refractivity contribution >= 4 is 17.5 Å². The molecule has 0 amide bonds. The van der Waals surface area contributed by atoms with Crippen LogP contribution in [0.25, 0.3) is 5.78 Å². The normalized spacial score (nSPS) is 11.1. The summed E-state index contributed by atoms with van der Waals surface area (Å²) in [5.74, 6) is 1.20. The molecular formula is C13H13N5OS. The highest BCUT2D eigenvalue weighted by Gasteiger charge is 2.11. The second-order valence-electron chi connectivity index (χ2n) is 4.23. The van der Waals surface area contributed by atoms with E-state index < -0.39 is 0 Å². The summed E-state index contributed by atoms with van der Waals surface area (Å²) in [5, 5.41) is 8.92. The van der Waals surface area contributed by atoms with Crippen molar-refractivity contribution in [3.63, 3.8) is 0 Å². The second kappa shape index (κ2) is 5.46. The number of aryl methyl sites for hydroxylation is 1. The zero-order valence-corrected chi connectivity index (χ0v) is 11.7. The summed E-state index contributed by atoms with van der Waals surface area (Å²) >= 11 is 1.55. The van der Waals surface area contributed by atoms with E-state index in [0.29, 0.717) is 11.5 Å². The van der Waals surface area contributed by atoms with Crippen LogP contribution < -0.4 is 5.56 Å². The first-order valence-corrected chi connectivity index (χ1v) is 7.26. The molecule has 20 heavy (non-hydrogen) atoms. The van der Waals surface area contributed by atoms with Gasteiger partial charge in [0, 0.05) is 23.7 Å². The van der Waals surface area contributed by atoms with E-state index in [1.807, 2.05) is 29.5 Å². The maximum Gasteiger partial charge on any atom is 0.252 e. The molecule has 0 aliphatic carbocycles. The van der Waals surface area contributed by atoms with Crippen LogP contribution in [0.4, 0.5) is 0 Å². The summed E-state index contributed by atoms with van der Waals surface area (Å²) in [7, 11) is 0. The number of H-pyrrole nitrogens is 1. The number of aromatic amines is 1. The Morgan fingerprint density at radius 1 is 1.35 bits per heavy atom. The number of pyridine rings is 1. The Kier molecular flexibility index (Phi) is 3.51. The van der Waals surface area contributed by atoms with E-state index in [0.717, 1.165) is 23.0 Å². The van der Waals surface area contributed by atoms with Crippen LogP contribution in [0.1, 0.15) is 18.3 Å². The number of hydrogen-bond donors (Lipinski definition) is 1. The molecule has 0 radical (unpaired) electrons. The van der Waals surface area contributed by atoms with E-state index in [2.05, 4.69) is 20.2 Å². The summed E-state index contributed by atoms with van der Waals surface area (Å²) in [4.78, 5) is 18.5. The van der Waals surface area contributed by atoms with E-state index in [-0.39, 0.29) is 5.56 Å². The molecule has 102 valence electrons. The number of thioether (sulfide) groups is 1. The predicted octanol–water partition coefficient (Wildman–Crippen LogP) is 1.67. The lowest BCUT2D eigenvalue weighted by molar-refractivity contribution is 0.849. The Bertz CT molecular complexity index is 780. The van der Waals surface area contributed by atoms with Gasteiger partial charge in [0.2, 0.25) is 5.78 Å². The molecule has 0 spiro atoms. The van der Waals surface area contributed by atoms with Gasteiger partial charge in [-0.15, -0.1) is 10.2 Å². The molecule has 0 fully saturated rings. The van der Waals surface area contributed by atoms with Crippen LogP contribution in [-0.4, -0.2) is 24.6 Å². The van der Waals surface area contributed by atoms with Gasteiger partial charge in [0.25, 0.3) is 5.56 Å². The molecule has 3 aromatic heterocycles. The fourth-order valence-corrected chi connectivity index (χ4v) is 2.83. The number of nitrogens with zero attached hydrogens (tertiary/aromatic N) is 4. The average molecular weight is 287 g/mol. The lowest BCUT2D eigenvalue weighted by Crippen LogP contribution is -2.11. The molecule has 0 saturated carbocycles. The third-order valence-electron chi connectivity index (χ3n) is 2.89. The van der Waals surface area contributed by atoms with Gasteiger partial charge >= 0.3 is 0 Å². The minimum atomic E-state index is -0.150. The van der Waals surface area contributed by atoms with E-state index in [1.54, 1.807) is 24.0 Å². The lowest BCUT2D eigenvalue weighted by Gasteiger charge is -2.04. The zero-order valence-electron chi connectivity index (χ0n) is 10.9. The monoisotopic (exact) mass is 287 g/mol. The first kappa shape index (κ1) is 12.9. The van der Waals surface area contributed by atoms with Gasteiger partial charge < -0.3 is 0 Å². The average Bonchev–Trinajstić information content (AvgIpc) is 2.88. The fourth-order valence-electron chi connectivity index (χ4n) is 1.95. The maximum atomic E-state index is 11.5. The van der Waals surface area contributed by atoms with Gasteiger partial charge in [0.15, 0.2) is 5.16 Å². The second-order valence-corrected chi connectivity index (χ2v) is 5.17. The van der Waals surface area contributed by atoms with E-state index in [4.69, 9.17) is 0 Å². The highest BCUT2D eigenvalue weighted by atomic mass is 32.2. The smallest absolute Gasteiger partial charge is 0.252 e. The zero-order chi connectivity index (χ0) is 13.9. The molecule has 0 aliphatic rings. The van der Waals surface area contributed by atoms with Crippen LogP contribution in [0.3, 0.4) is 0 Å². The van der Waals surface area contributed by atoms with Crippen molar-refractivity contribution in [1.29, 1.82) is 0 Å². The van der Waals surface area contributed by atoms with E-state index >= 15 is 0 Å². The molecule has 3 rings (SSSR count). The molecule has 0 saturated heterocycles. The van der Waals surface area contributed by atoms with Crippen molar-refractivity contribution in [3.05, 3.63) is 52.2 Å². The quantitative estimate of drug-likeness (QED) is 0.739. The van der Waals surface area contributed by atoms with Crippen molar-refractivity contribution in [2.75, 3.05) is 0 Å². The van der Waals surface area contributed by atoms with Crippen molar-refractivity contribution in [1.82, 2.24) is 24.6 Å². The lowest BCUT2D eigenvalue weighted by atomic mass is 10.3. The first-order chi connectivity index (χ1) is 9.78. The van der Waals surface area contributed by atoms with Crippen molar-refractivity contribution < 1.29 is 0 Å². The van der Waals surface area contributed by atoms with Crippen LogP contribution in [0, 0.1) is 0 Å². The van der Waals surface area contributed by atoms with Crippen LogP contribution in [0.15, 0.2) is 40.4 Å². The number of fused-ring (bicyclic) bond motifs is 1. The molecule has 0 bridgehead atoms. The largest absolute Gasteiger partial charge is 0.291 e. The van der Waals surface area contributed by atoms with Crippen molar-refractivity contribution in [2.45, 2.75) is 24.3 Å². The van der Waals surface area contributed by atoms with Gasteiger partial charge in [-0.25, -0.2) is 0 Å². The number of rotatable bonds is 4. The summed E-state index contributed by atoms with van der Waals surface area (Å²) in [6.45, 7) is 2.00. The minimum absolute atomic E-state index is 0.150. The SMILES string of the molecule is CCc1cc(=O)[nH]c2nnc(SCc3ccccn3)n12. The molecule has 0 aromatic carbocycles. The highest BCUT2D eigenvalue weighted by Crippen LogP contribution is 2.21. The molecule has 0 unspecified atom stereocenters. The van der Waals surface area contributed by atoms with E-state index in [9.17, 15) is 4.79 Å². The minimum Gasteiger partial charge on any atom is -0.291 e. The number of aromatic nitrogens is 5. The predicted molar refractivity (Wildman–Crippen MR) is 76.8 cm³/mol. The van der Waals surface area contributed by atoms with Gasteiger partial charge in [-0.3, -0.25) is 19.2 Å². The Morgan fingerprint density at radius 2 is 2.25 bits per heavy atom. The van der Waals surface area contributed by atoms with Crippen LogP contribution in [-0.2, 0) is 12.2 Å². The van der Waals surface area contributed by atoms with Gasteiger partial charge in [-0.05, 0) is 18.6 Å². The molecule has 7 heteroatoms. The summed E-state index contributed by atoms with van der Waals surface area (Å²) in [6.07, 6.45) is 2.52. The highest BCUT2D eigenvalue weighted by molar-refractivity contribution is 7.98. The molecule has 3 heterocycles.